The van der Waals surface area contributed by atoms with Crippen molar-refractivity contribution in [3.63, 3.8) is 0 Å². The van der Waals surface area contributed by atoms with Gasteiger partial charge in [-0.05, 0) is 23.8 Å². The van der Waals surface area contributed by atoms with Gasteiger partial charge in [-0.2, -0.15) is 5.26 Å². The van der Waals surface area contributed by atoms with E-state index in [1.165, 1.54) is 24.3 Å². The molecule has 0 saturated heterocycles. The Hall–Kier alpha value is -4.33. The van der Waals surface area contributed by atoms with Gasteiger partial charge >= 0.3 is 12.1 Å². The van der Waals surface area contributed by atoms with Crippen molar-refractivity contribution >= 4 is 5.91 Å². The summed E-state index contributed by atoms with van der Waals surface area (Å²) in [6.07, 6.45) is -4.90. The van der Waals surface area contributed by atoms with Crippen LogP contribution in [0.5, 0.6) is 5.75 Å². The predicted octanol–water partition coefficient (Wildman–Crippen LogP) is 2.29. The first-order chi connectivity index (χ1) is 15.2. The van der Waals surface area contributed by atoms with Gasteiger partial charge in [-0.1, -0.05) is 30.3 Å². The number of nitrogens with zero attached hydrogens (tertiary/aromatic N) is 2. The number of nitriles is 1. The van der Waals surface area contributed by atoms with Gasteiger partial charge in [0.05, 0.1) is 18.2 Å². The highest BCUT2D eigenvalue weighted by molar-refractivity contribution is 5.92. The summed E-state index contributed by atoms with van der Waals surface area (Å²) in [4.78, 5) is 39.3. The number of carbonyl (C=O) groups excluding carboxylic acids is 1. The quantitative estimate of drug-likeness (QED) is 0.605. The summed E-state index contributed by atoms with van der Waals surface area (Å²) < 4.78 is 42.3. The zero-order chi connectivity index (χ0) is 23.3. The number of aromatic amines is 1. The minimum Gasteiger partial charge on any atom is -0.405 e. The predicted molar refractivity (Wildman–Crippen MR) is 106 cm³/mol. The second-order valence-corrected chi connectivity index (χ2v) is 6.56. The maximum atomic E-state index is 12.5. The van der Waals surface area contributed by atoms with E-state index in [4.69, 9.17) is 5.26 Å². The topological polar surface area (TPSA) is 117 Å². The van der Waals surface area contributed by atoms with E-state index in [0.717, 1.165) is 16.7 Å². The molecule has 0 aliphatic rings. The van der Waals surface area contributed by atoms with E-state index in [-0.39, 0.29) is 24.3 Å². The maximum Gasteiger partial charge on any atom is 0.573 e. The molecular formula is C21H15F3N4O4. The zero-order valence-electron chi connectivity index (χ0n) is 16.3. The summed E-state index contributed by atoms with van der Waals surface area (Å²) in [5.41, 5.74) is -1.02. The molecule has 32 heavy (non-hydrogen) atoms. The first-order valence-electron chi connectivity index (χ1n) is 9.11. The first kappa shape index (κ1) is 22.4. The lowest BCUT2D eigenvalue weighted by atomic mass is 10.1. The fraction of sp³-hybridized carbons (Fsp3) is 0.143. The molecule has 2 N–H and O–H groups in total. The minimum absolute atomic E-state index is 0.0474. The average molecular weight is 444 g/mol. The van der Waals surface area contributed by atoms with Crippen LogP contribution in [-0.2, 0) is 13.1 Å². The van der Waals surface area contributed by atoms with Crippen molar-refractivity contribution < 1.29 is 22.7 Å². The summed E-state index contributed by atoms with van der Waals surface area (Å²) in [5, 5.41) is 11.3. The van der Waals surface area contributed by atoms with E-state index in [1.807, 2.05) is 6.07 Å². The lowest BCUT2D eigenvalue weighted by Crippen LogP contribution is -2.38. The van der Waals surface area contributed by atoms with Crippen LogP contribution >= 0.6 is 0 Å². The smallest absolute Gasteiger partial charge is 0.405 e. The van der Waals surface area contributed by atoms with Gasteiger partial charge in [0.15, 0.2) is 0 Å². The molecule has 0 aliphatic carbocycles. The molecule has 1 aromatic heterocycles. The number of benzene rings is 2. The Morgan fingerprint density at radius 2 is 1.88 bits per heavy atom. The number of H-pyrrole nitrogens is 1. The number of hydrogen-bond donors (Lipinski definition) is 2. The summed E-state index contributed by atoms with van der Waals surface area (Å²) >= 11 is 0. The lowest BCUT2D eigenvalue weighted by molar-refractivity contribution is -0.274. The molecule has 11 heteroatoms. The van der Waals surface area contributed by atoms with E-state index in [9.17, 15) is 27.6 Å². The van der Waals surface area contributed by atoms with Crippen LogP contribution in [0.25, 0.3) is 0 Å². The van der Waals surface area contributed by atoms with Crippen molar-refractivity contribution in [2.75, 3.05) is 0 Å². The highest BCUT2D eigenvalue weighted by Gasteiger charge is 2.32. The van der Waals surface area contributed by atoms with Crippen LogP contribution in [0.2, 0.25) is 0 Å². The number of nitrogens with one attached hydrogen (secondary N) is 2. The average Bonchev–Trinajstić information content (AvgIpc) is 2.74. The third-order valence-corrected chi connectivity index (χ3v) is 4.30. The van der Waals surface area contributed by atoms with Crippen LogP contribution < -0.4 is 21.3 Å². The highest BCUT2D eigenvalue weighted by atomic mass is 19.4. The lowest BCUT2D eigenvalue weighted by Gasteiger charge is -2.13. The molecule has 0 fully saturated rings. The molecule has 0 unspecified atom stereocenters. The third-order valence-electron chi connectivity index (χ3n) is 4.30. The maximum absolute atomic E-state index is 12.5. The second-order valence-electron chi connectivity index (χ2n) is 6.56. The number of aromatic nitrogens is 2. The van der Waals surface area contributed by atoms with Gasteiger partial charge in [-0.3, -0.25) is 14.2 Å². The molecule has 164 valence electrons. The van der Waals surface area contributed by atoms with Crippen molar-refractivity contribution in [3.8, 4) is 11.8 Å². The fourth-order valence-electron chi connectivity index (χ4n) is 2.86. The van der Waals surface area contributed by atoms with Crippen molar-refractivity contribution in [1.82, 2.24) is 14.9 Å². The molecule has 0 saturated carbocycles. The molecule has 3 rings (SSSR count). The van der Waals surface area contributed by atoms with E-state index < -0.39 is 29.3 Å². The van der Waals surface area contributed by atoms with Gasteiger partial charge in [0, 0.05) is 18.2 Å². The van der Waals surface area contributed by atoms with Crippen molar-refractivity contribution in [2.24, 2.45) is 0 Å². The van der Waals surface area contributed by atoms with Gasteiger partial charge in [0.2, 0.25) is 0 Å². The Morgan fingerprint density at radius 3 is 2.56 bits per heavy atom. The molecule has 0 spiro atoms. The van der Waals surface area contributed by atoms with Crippen molar-refractivity contribution in [2.45, 2.75) is 19.5 Å². The van der Waals surface area contributed by atoms with E-state index in [0.29, 0.717) is 11.1 Å². The van der Waals surface area contributed by atoms with Crippen LogP contribution in [0.15, 0.2) is 64.2 Å². The molecule has 2 aromatic carbocycles. The molecule has 8 nitrogen and oxygen atoms in total. The Morgan fingerprint density at radius 1 is 1.12 bits per heavy atom. The van der Waals surface area contributed by atoms with Crippen LogP contribution in [0.3, 0.4) is 0 Å². The summed E-state index contributed by atoms with van der Waals surface area (Å²) in [5.74, 6) is -1.34. The SMILES string of the molecule is N#Cc1cccc(Cn2c(=O)cc(C(=O)NCc3ccccc3OC(F)(F)F)[nH]c2=O)c1. The Balaban J connectivity index is 1.76. The van der Waals surface area contributed by atoms with E-state index in [1.54, 1.807) is 18.2 Å². The number of alkyl halides is 3. The van der Waals surface area contributed by atoms with Crippen molar-refractivity contribution in [3.05, 3.63) is 97.8 Å². The summed E-state index contributed by atoms with van der Waals surface area (Å²) in [6, 6.07) is 14.4. The molecule has 0 aliphatic heterocycles. The third kappa shape index (κ3) is 5.63. The van der Waals surface area contributed by atoms with E-state index in [2.05, 4.69) is 15.0 Å². The van der Waals surface area contributed by atoms with Gasteiger partial charge in [-0.25, -0.2) is 4.79 Å². The van der Waals surface area contributed by atoms with Gasteiger partial charge in [-0.15, -0.1) is 13.2 Å². The standard InChI is InChI=1S/C21H15F3N4O4/c22-21(23,24)32-17-7-2-1-6-15(17)11-26-19(30)16-9-18(29)28(20(31)27-16)12-14-5-3-4-13(8-14)10-25/h1-9H,11-12H2,(H,26,30)(H,27,31). The van der Waals surface area contributed by atoms with Gasteiger partial charge in [0.25, 0.3) is 11.5 Å². The number of ether oxygens (including phenoxy) is 1. The Labute approximate surface area is 178 Å². The van der Waals surface area contributed by atoms with Crippen LogP contribution in [0.4, 0.5) is 13.2 Å². The number of para-hydroxylation sites is 1. The monoisotopic (exact) mass is 444 g/mol. The number of halogens is 3. The molecule has 0 radical (unpaired) electrons. The molecule has 3 aromatic rings. The highest BCUT2D eigenvalue weighted by Crippen LogP contribution is 2.26. The fourth-order valence-corrected chi connectivity index (χ4v) is 2.86. The summed E-state index contributed by atoms with van der Waals surface area (Å²) in [7, 11) is 0. The van der Waals surface area contributed by atoms with Gasteiger partial charge in [0.1, 0.15) is 11.4 Å². The second kappa shape index (κ2) is 9.22. The largest absolute Gasteiger partial charge is 0.573 e. The van der Waals surface area contributed by atoms with Gasteiger partial charge < -0.3 is 15.0 Å². The number of rotatable bonds is 6. The first-order valence-corrected chi connectivity index (χ1v) is 9.11. The van der Waals surface area contributed by atoms with E-state index >= 15 is 0 Å². The molecule has 0 atom stereocenters. The number of amides is 1. The van der Waals surface area contributed by atoms with Crippen LogP contribution in [0.1, 0.15) is 27.2 Å². The molecule has 1 heterocycles. The minimum atomic E-state index is -4.90. The zero-order valence-corrected chi connectivity index (χ0v) is 16.3. The summed E-state index contributed by atoms with van der Waals surface area (Å²) in [6.45, 7) is -0.453. The molecule has 1 amide bonds. The van der Waals surface area contributed by atoms with Crippen molar-refractivity contribution in [1.29, 1.82) is 5.26 Å². The van der Waals surface area contributed by atoms with Crippen LogP contribution in [0, 0.1) is 11.3 Å². The normalized spacial score (nSPS) is 10.9. The molecular weight excluding hydrogens is 429 g/mol. The number of hydrogen-bond acceptors (Lipinski definition) is 5. The number of carbonyl (C=O) groups is 1. The van der Waals surface area contributed by atoms with Crippen LogP contribution in [-0.4, -0.2) is 21.8 Å². The Kier molecular flexibility index (Phi) is 6.44. The molecule has 0 bridgehead atoms. The Bertz CT molecular complexity index is 1270.